The minimum atomic E-state index is -7.69. The van der Waals surface area contributed by atoms with Crippen LogP contribution < -0.4 is 18.9 Å². The van der Waals surface area contributed by atoms with E-state index < -0.39 is 180 Å². The molecule has 2 aromatic heterocycles. The molecule has 0 saturated carbocycles. The van der Waals surface area contributed by atoms with E-state index >= 15 is 0 Å². The van der Waals surface area contributed by atoms with E-state index in [-0.39, 0.29) is 12.1 Å². The Bertz CT molecular complexity index is 2600. The summed E-state index contributed by atoms with van der Waals surface area (Å²) in [6.07, 6.45) is -30.0. The highest BCUT2D eigenvalue weighted by molar-refractivity contribution is 6.03. The van der Waals surface area contributed by atoms with Crippen LogP contribution >= 0.6 is 0 Å². The SMILES string of the molecule is FC(F)(F)C(F)(F)C(F)(F)C(F)(F)COc1cc(-c2ccc(-c3nc(OCC(F)(F)C(F)(F)C(F)(F)C(F)(F)F)nc(OCC(F)(F)C(F)(F)C(F)(F)C(F)(F)F)n3)c3ccccc23)nc(OCC(F)(F)C(F)(F)C(F)(F)C(F)(F)F)n1. The number of benzene rings is 2. The quantitative estimate of drug-likeness (QED) is 0.0712. The molecule has 0 aliphatic heterocycles. The molecule has 0 spiro atoms. The number of rotatable bonds is 22. The predicted octanol–water partition coefficient (Wildman–Crippen LogP) is 14.5. The van der Waals surface area contributed by atoms with Crippen LogP contribution in [0.1, 0.15) is 0 Å². The molecule has 9 nitrogen and oxygen atoms in total. The zero-order valence-electron chi connectivity index (χ0n) is 37.3. The number of nitrogens with zero attached hydrogens (tertiary/aromatic N) is 5. The van der Waals surface area contributed by atoms with Crippen molar-refractivity contribution in [2.75, 3.05) is 26.4 Å². The van der Waals surface area contributed by atoms with Gasteiger partial charge >= 0.3 is 114 Å². The monoisotopic (exact) mass is 1280 g/mol. The van der Waals surface area contributed by atoms with E-state index in [1.54, 1.807) is 0 Å². The van der Waals surface area contributed by atoms with Gasteiger partial charge in [0.05, 0.1) is 5.69 Å². The molecule has 0 bridgehead atoms. The Morgan fingerprint density at radius 3 is 0.854 bits per heavy atom. The van der Waals surface area contributed by atoms with E-state index in [0.717, 1.165) is 12.1 Å². The number of halogens is 36. The second-order valence-corrected chi connectivity index (χ2v) is 15.9. The third-order valence-corrected chi connectivity index (χ3v) is 10.1. The maximum absolute atomic E-state index is 14.5. The Balaban J connectivity index is 1.98. The maximum atomic E-state index is 14.5. The summed E-state index contributed by atoms with van der Waals surface area (Å²) in [5.41, 5.74) is -3.50. The molecule has 4 rings (SSSR count). The van der Waals surface area contributed by atoms with Crippen LogP contribution in [0.25, 0.3) is 33.4 Å². The number of alkyl halides is 36. The molecule has 45 heteroatoms. The zero-order chi connectivity index (χ0) is 63.9. The summed E-state index contributed by atoms with van der Waals surface area (Å²) in [4.78, 5) is 14.5. The molecule has 0 aliphatic rings. The molecule has 2 heterocycles. The first-order valence-corrected chi connectivity index (χ1v) is 19.7. The molecule has 0 radical (unpaired) electrons. The smallest absolute Gasteiger partial charge is 0.460 e. The molecule has 4 aromatic rings. The van der Waals surface area contributed by atoms with Crippen LogP contribution in [0.15, 0.2) is 42.5 Å². The summed E-state index contributed by atoms with van der Waals surface area (Å²) in [6.45, 7) is -14.0. The van der Waals surface area contributed by atoms with E-state index in [1.165, 1.54) is 0 Å². The lowest BCUT2D eigenvalue weighted by atomic mass is 9.97. The predicted molar refractivity (Wildman–Crippen MR) is 189 cm³/mol. The fraction of sp³-hybridized carbons (Fsp3) is 0.541. The number of aromatic nitrogens is 5. The van der Waals surface area contributed by atoms with Crippen LogP contribution in [-0.2, 0) is 0 Å². The summed E-state index contributed by atoms with van der Waals surface area (Å²) >= 11 is 0. The first-order valence-electron chi connectivity index (χ1n) is 19.7. The Hall–Kier alpha value is -6.53. The maximum Gasteiger partial charge on any atom is 0.460 e. The van der Waals surface area contributed by atoms with Gasteiger partial charge < -0.3 is 18.9 Å². The molecule has 0 unspecified atom stereocenters. The molecule has 464 valence electrons. The van der Waals surface area contributed by atoms with E-state index in [1.807, 2.05) is 0 Å². The van der Waals surface area contributed by atoms with Crippen molar-refractivity contribution >= 4 is 10.8 Å². The molecule has 82 heavy (non-hydrogen) atoms. The first-order chi connectivity index (χ1) is 36.2. The molecule has 2 aromatic carbocycles. The van der Waals surface area contributed by atoms with Gasteiger partial charge in [-0.25, -0.2) is 0 Å². The van der Waals surface area contributed by atoms with E-state index in [9.17, 15) is 158 Å². The Morgan fingerprint density at radius 1 is 0.280 bits per heavy atom. The number of ether oxygens (including phenoxy) is 4. The second-order valence-electron chi connectivity index (χ2n) is 15.9. The number of hydrogen-bond acceptors (Lipinski definition) is 9. The highest BCUT2D eigenvalue weighted by atomic mass is 19.5. The van der Waals surface area contributed by atoms with Gasteiger partial charge in [0.25, 0.3) is 0 Å². The molecule has 0 N–H and O–H groups in total. The lowest BCUT2D eigenvalue weighted by Gasteiger charge is -2.33. The van der Waals surface area contributed by atoms with Crippen molar-refractivity contribution in [2.45, 2.75) is 95.8 Å². The van der Waals surface area contributed by atoms with Gasteiger partial charge in [0.1, 0.15) is 0 Å². The minimum Gasteiger partial charge on any atom is -0.471 e. The summed E-state index contributed by atoms with van der Waals surface area (Å²) in [5.74, 6) is -91.9. The molecular weight excluding hydrogens is 1260 g/mol. The Morgan fingerprint density at radius 2 is 0.549 bits per heavy atom. The van der Waals surface area contributed by atoms with Gasteiger partial charge in [0, 0.05) is 17.2 Å². The van der Waals surface area contributed by atoms with Gasteiger partial charge in [-0.1, -0.05) is 30.3 Å². The van der Waals surface area contributed by atoms with Crippen molar-refractivity contribution in [3.05, 3.63) is 42.5 Å². The fourth-order valence-electron chi connectivity index (χ4n) is 5.61. The van der Waals surface area contributed by atoms with E-state index in [4.69, 9.17) is 0 Å². The van der Waals surface area contributed by atoms with Gasteiger partial charge in [0.15, 0.2) is 32.3 Å². The van der Waals surface area contributed by atoms with Crippen molar-refractivity contribution < 1.29 is 177 Å². The third-order valence-electron chi connectivity index (χ3n) is 10.1. The fourth-order valence-corrected chi connectivity index (χ4v) is 5.61. The summed E-state index contributed by atoms with van der Waals surface area (Å²) in [6, 6.07) is -3.65. The lowest BCUT2D eigenvalue weighted by molar-refractivity contribution is -0.398. The average molecular weight is 1280 g/mol. The second kappa shape index (κ2) is 20.7. The van der Waals surface area contributed by atoms with Crippen molar-refractivity contribution in [2.24, 2.45) is 0 Å². The van der Waals surface area contributed by atoms with Crippen LogP contribution in [0, 0.1) is 0 Å². The molecule has 0 saturated heterocycles. The topological polar surface area (TPSA) is 101 Å². The van der Waals surface area contributed by atoms with Crippen LogP contribution in [0.5, 0.6) is 23.9 Å². The van der Waals surface area contributed by atoms with Crippen LogP contribution in [-0.4, -0.2) is 147 Å². The van der Waals surface area contributed by atoms with E-state index in [0.29, 0.717) is 18.2 Å². The Kier molecular flexibility index (Phi) is 17.1. The average Bonchev–Trinajstić information content (AvgIpc) is 3.31. The highest BCUT2D eigenvalue weighted by Gasteiger charge is 2.85. The molecule has 0 atom stereocenters. The molecular formula is C37H15F36N5O4. The highest BCUT2D eigenvalue weighted by Crippen LogP contribution is 2.57. The Labute approximate surface area is 424 Å². The molecule has 0 amide bonds. The van der Waals surface area contributed by atoms with Gasteiger partial charge in [-0.15, -0.1) is 4.98 Å². The largest absolute Gasteiger partial charge is 0.471 e. The molecule has 0 fully saturated rings. The first kappa shape index (κ1) is 68.0. The van der Waals surface area contributed by atoms with Crippen molar-refractivity contribution in [1.29, 1.82) is 0 Å². The number of hydrogen-bond donors (Lipinski definition) is 0. The van der Waals surface area contributed by atoms with Crippen molar-refractivity contribution in [1.82, 2.24) is 24.9 Å². The summed E-state index contributed by atoms with van der Waals surface area (Å²) < 4.78 is 504. The zero-order valence-corrected chi connectivity index (χ0v) is 37.3. The van der Waals surface area contributed by atoms with Gasteiger partial charge in [0.2, 0.25) is 5.88 Å². The van der Waals surface area contributed by atoms with Crippen LogP contribution in [0.2, 0.25) is 0 Å². The molecule has 0 aliphatic carbocycles. The summed E-state index contributed by atoms with van der Waals surface area (Å²) in [7, 11) is 0. The van der Waals surface area contributed by atoms with Gasteiger partial charge in [-0.2, -0.15) is 178 Å². The standard InChI is InChI=1S/C37H15F36N5O4/c38-22(39,26(46,47)30(54,55)34(62,63)64)8-79-17-7-16(74-19(75-17)80-9-23(40,41)27(48,49)31(56,57)35(65,66)67)14-5-6-15(13-4-2-1-3-12(13)14)18-76-20(81-10-24(42,43)28(50,51)32(58,59)36(68,69)70)78-21(77-18)82-11-25(44,45)29(52,53)33(60,61)37(71,72)73/h1-7H,8-11H2. The summed E-state index contributed by atoms with van der Waals surface area (Å²) in [5, 5.41) is -1.71. The minimum absolute atomic E-state index is 0.133. The number of fused-ring (bicyclic) bond motifs is 1. The van der Waals surface area contributed by atoms with Crippen LogP contribution in [0.3, 0.4) is 0 Å². The van der Waals surface area contributed by atoms with E-state index in [2.05, 4.69) is 43.9 Å². The van der Waals surface area contributed by atoms with Gasteiger partial charge in [-0.05, 0) is 16.8 Å². The van der Waals surface area contributed by atoms with Crippen LogP contribution in [0.4, 0.5) is 158 Å². The normalized spacial score (nSPS) is 15.0. The van der Waals surface area contributed by atoms with Crippen molar-refractivity contribution in [3.63, 3.8) is 0 Å². The lowest BCUT2D eigenvalue weighted by Crippen LogP contribution is -2.62. The van der Waals surface area contributed by atoms with Crippen molar-refractivity contribution in [3.8, 4) is 46.6 Å². The van der Waals surface area contributed by atoms with Gasteiger partial charge in [-0.3, -0.25) is 0 Å². The third kappa shape index (κ3) is 11.7.